The van der Waals surface area contributed by atoms with Gasteiger partial charge in [0.25, 0.3) is 5.91 Å². The molecule has 0 saturated heterocycles. The fourth-order valence-electron chi connectivity index (χ4n) is 4.72. The van der Waals surface area contributed by atoms with E-state index in [2.05, 4.69) is 73.0 Å². The van der Waals surface area contributed by atoms with Crippen LogP contribution in [0.2, 0.25) is 0 Å². The first-order valence-corrected chi connectivity index (χ1v) is 14.0. The number of hydrogen-bond donors (Lipinski definition) is 3. The van der Waals surface area contributed by atoms with Gasteiger partial charge in [-0.2, -0.15) is 0 Å². The minimum Gasteiger partial charge on any atom is -0.350 e. The second kappa shape index (κ2) is 11.4. The van der Waals surface area contributed by atoms with Gasteiger partial charge in [-0.05, 0) is 74.4 Å². The number of rotatable bonds is 9. The molecule has 0 aliphatic heterocycles. The number of halogens is 1. The van der Waals surface area contributed by atoms with Crippen LogP contribution in [0, 0.1) is 5.41 Å². The molecule has 0 radical (unpaired) electrons. The molecule has 1 aromatic carbocycles. The molecule has 1 aliphatic rings. The maximum absolute atomic E-state index is 13.7. The Labute approximate surface area is 227 Å². The second-order valence-electron chi connectivity index (χ2n) is 11.2. The third kappa shape index (κ3) is 6.32. The number of imidazole rings is 1. The summed E-state index contributed by atoms with van der Waals surface area (Å²) in [5.74, 6) is -0.0344. The van der Waals surface area contributed by atoms with Gasteiger partial charge < -0.3 is 15.2 Å². The van der Waals surface area contributed by atoms with Gasteiger partial charge in [0, 0.05) is 29.5 Å². The third-order valence-corrected chi connectivity index (χ3v) is 8.67. The number of nitrogens with zero attached hydrogens (tertiary/aromatic N) is 2. The van der Waals surface area contributed by atoms with E-state index in [9.17, 15) is 14.0 Å². The van der Waals surface area contributed by atoms with Crippen molar-refractivity contribution in [3.63, 3.8) is 0 Å². The highest BCUT2D eigenvalue weighted by Crippen LogP contribution is 2.36. The van der Waals surface area contributed by atoms with Crippen LogP contribution in [0.5, 0.6) is 0 Å². The molecule has 2 amide bonds. The summed E-state index contributed by atoms with van der Waals surface area (Å²) in [5.41, 5.74) is 2.98. The number of fused-ring (bicyclic) bond motifs is 1. The number of amides is 2. The van der Waals surface area contributed by atoms with Crippen LogP contribution in [0.1, 0.15) is 86.2 Å². The van der Waals surface area contributed by atoms with Crippen LogP contribution in [0.15, 0.2) is 43.0 Å². The van der Waals surface area contributed by atoms with E-state index in [1.807, 2.05) is 0 Å². The summed E-state index contributed by atoms with van der Waals surface area (Å²) in [6.07, 6.45) is 2.55. The minimum atomic E-state index is -1.12. The monoisotopic (exact) mass is 539 g/mol. The van der Waals surface area contributed by atoms with Crippen LogP contribution in [0.3, 0.4) is 0 Å². The molecular weight excluding hydrogens is 501 g/mol. The molecule has 9 heteroatoms. The summed E-state index contributed by atoms with van der Waals surface area (Å²) in [6.45, 7) is 14.5. The molecule has 4 rings (SSSR count). The molecule has 0 spiro atoms. The van der Waals surface area contributed by atoms with Gasteiger partial charge in [0.2, 0.25) is 11.9 Å². The molecule has 204 valence electrons. The average molecular weight is 540 g/mol. The van der Waals surface area contributed by atoms with Gasteiger partial charge in [-0.1, -0.05) is 33.4 Å². The number of anilines is 1. The van der Waals surface area contributed by atoms with E-state index in [-0.39, 0.29) is 29.3 Å². The SMILES string of the molecule is C=CC(=O)N[C@H]1CC[C@@H](n2c(NC(=O)c3ccc(C(C)F)s3)nc3cc(CN[C@@H](C)C(C)(C)C)ccc32)C1. The van der Waals surface area contributed by atoms with Crippen molar-refractivity contribution in [3.05, 3.63) is 58.3 Å². The summed E-state index contributed by atoms with van der Waals surface area (Å²) in [4.78, 5) is 30.8. The van der Waals surface area contributed by atoms with E-state index in [1.54, 1.807) is 12.1 Å². The van der Waals surface area contributed by atoms with Crippen LogP contribution < -0.4 is 16.0 Å². The highest BCUT2D eigenvalue weighted by molar-refractivity contribution is 7.14. The molecule has 0 bridgehead atoms. The van der Waals surface area contributed by atoms with E-state index < -0.39 is 6.17 Å². The lowest BCUT2D eigenvalue weighted by Crippen LogP contribution is -2.37. The number of thiophene rings is 1. The lowest BCUT2D eigenvalue weighted by atomic mass is 9.88. The number of carbonyl (C=O) groups excluding carboxylic acids is 2. The molecule has 1 unspecified atom stereocenters. The number of benzene rings is 1. The standard InChI is InChI=1S/C29H38FN5O2S/c1-7-26(36)32-20-9-10-21(15-20)35-23-11-8-19(16-31-18(3)29(4,5)6)14-22(23)33-28(35)34-27(37)25-13-12-24(38-25)17(2)30/h7-8,11-14,17-18,20-21,31H,1,9-10,15-16H2,2-6H3,(H,32,36)(H,33,34,37)/t17?,18-,20-,21+/m0/s1. The highest BCUT2D eigenvalue weighted by atomic mass is 32.1. The molecule has 2 aromatic heterocycles. The minimum absolute atomic E-state index is 0.0276. The van der Waals surface area contributed by atoms with Crippen molar-refractivity contribution >= 4 is 40.1 Å². The van der Waals surface area contributed by atoms with Gasteiger partial charge in [0.15, 0.2) is 0 Å². The van der Waals surface area contributed by atoms with Gasteiger partial charge in [-0.15, -0.1) is 11.3 Å². The van der Waals surface area contributed by atoms with Crippen LogP contribution in [-0.2, 0) is 11.3 Å². The van der Waals surface area contributed by atoms with E-state index in [4.69, 9.17) is 4.98 Å². The van der Waals surface area contributed by atoms with Crippen molar-refractivity contribution in [3.8, 4) is 0 Å². The Morgan fingerprint density at radius 1 is 1.24 bits per heavy atom. The first-order valence-electron chi connectivity index (χ1n) is 13.2. The summed E-state index contributed by atoms with van der Waals surface area (Å²) >= 11 is 1.15. The fourth-order valence-corrected chi connectivity index (χ4v) is 5.56. The normalized spacial score (nSPS) is 19.3. The molecule has 3 N–H and O–H groups in total. The Morgan fingerprint density at radius 3 is 2.66 bits per heavy atom. The van der Waals surface area contributed by atoms with Crippen LogP contribution >= 0.6 is 11.3 Å². The van der Waals surface area contributed by atoms with Crippen molar-refractivity contribution < 1.29 is 14.0 Å². The zero-order chi connectivity index (χ0) is 27.6. The number of nitrogens with one attached hydrogen (secondary N) is 3. The van der Waals surface area contributed by atoms with E-state index >= 15 is 0 Å². The average Bonchev–Trinajstić information content (AvgIpc) is 3.59. The second-order valence-corrected chi connectivity index (χ2v) is 12.4. The first-order chi connectivity index (χ1) is 18.0. The molecule has 3 aromatic rings. The van der Waals surface area contributed by atoms with Gasteiger partial charge in [-0.25, -0.2) is 9.37 Å². The van der Waals surface area contributed by atoms with Crippen LogP contribution in [-0.4, -0.2) is 33.4 Å². The van der Waals surface area contributed by atoms with E-state index in [0.29, 0.717) is 28.3 Å². The molecule has 38 heavy (non-hydrogen) atoms. The number of alkyl halides is 1. The van der Waals surface area contributed by atoms with E-state index in [0.717, 1.165) is 47.2 Å². The van der Waals surface area contributed by atoms with E-state index in [1.165, 1.54) is 13.0 Å². The zero-order valence-corrected chi connectivity index (χ0v) is 23.6. The van der Waals surface area contributed by atoms with Gasteiger partial charge >= 0.3 is 0 Å². The Morgan fingerprint density at radius 2 is 2.00 bits per heavy atom. The van der Waals surface area contributed by atoms with Crippen molar-refractivity contribution in [1.29, 1.82) is 0 Å². The van der Waals surface area contributed by atoms with Crippen LogP contribution in [0.25, 0.3) is 11.0 Å². The molecule has 1 fully saturated rings. The largest absolute Gasteiger partial charge is 0.350 e. The van der Waals surface area contributed by atoms with Gasteiger partial charge in [0.1, 0.15) is 6.17 Å². The van der Waals surface area contributed by atoms with Crippen molar-refractivity contribution in [2.45, 2.75) is 84.7 Å². The quantitative estimate of drug-likeness (QED) is 0.279. The Kier molecular flexibility index (Phi) is 8.37. The Balaban J connectivity index is 1.63. The lowest BCUT2D eigenvalue weighted by molar-refractivity contribution is -0.117. The highest BCUT2D eigenvalue weighted by Gasteiger charge is 2.30. The molecular formula is C29H38FN5O2S. The summed E-state index contributed by atoms with van der Waals surface area (Å²) < 4.78 is 15.8. The zero-order valence-electron chi connectivity index (χ0n) is 22.8. The molecule has 1 aliphatic carbocycles. The van der Waals surface area contributed by atoms with Gasteiger partial charge in [0.05, 0.1) is 15.9 Å². The van der Waals surface area contributed by atoms with Crippen molar-refractivity contribution in [2.24, 2.45) is 5.41 Å². The smallest absolute Gasteiger partial charge is 0.268 e. The molecule has 1 saturated carbocycles. The van der Waals surface area contributed by atoms with Gasteiger partial charge in [-0.3, -0.25) is 14.9 Å². The van der Waals surface area contributed by atoms with Crippen molar-refractivity contribution in [1.82, 2.24) is 20.2 Å². The first kappa shape index (κ1) is 28.0. The summed E-state index contributed by atoms with van der Waals surface area (Å²) in [5, 5.41) is 9.57. The predicted molar refractivity (Wildman–Crippen MR) is 152 cm³/mol. The topological polar surface area (TPSA) is 88.1 Å². The maximum Gasteiger partial charge on any atom is 0.268 e. The summed E-state index contributed by atoms with van der Waals surface area (Å²) in [6, 6.07) is 9.91. The molecule has 7 nitrogen and oxygen atoms in total. The maximum atomic E-state index is 13.7. The molecule has 2 heterocycles. The number of hydrogen-bond acceptors (Lipinski definition) is 5. The van der Waals surface area contributed by atoms with Crippen molar-refractivity contribution in [2.75, 3.05) is 5.32 Å². The Hall–Kier alpha value is -3.04. The molecule has 4 atom stereocenters. The van der Waals surface area contributed by atoms with Crippen LogP contribution in [0.4, 0.5) is 10.3 Å². The predicted octanol–water partition coefficient (Wildman–Crippen LogP) is 6.30. The summed E-state index contributed by atoms with van der Waals surface area (Å²) in [7, 11) is 0. The number of carbonyl (C=O) groups is 2. The third-order valence-electron chi connectivity index (χ3n) is 7.44. The lowest BCUT2D eigenvalue weighted by Gasteiger charge is -2.28. The number of aromatic nitrogens is 2. The Bertz CT molecular complexity index is 1320. The fraction of sp³-hybridized carbons (Fsp3) is 0.483.